The van der Waals surface area contributed by atoms with Crippen molar-refractivity contribution in [3.63, 3.8) is 0 Å². The second kappa shape index (κ2) is 6.69. The van der Waals surface area contributed by atoms with Crippen LogP contribution in [0.1, 0.15) is 25.6 Å². The fourth-order valence-corrected chi connectivity index (χ4v) is 4.13. The summed E-state index contributed by atoms with van der Waals surface area (Å²) in [6.07, 6.45) is 5.13. The van der Waals surface area contributed by atoms with Crippen LogP contribution in [0.3, 0.4) is 0 Å². The number of amides is 2. The van der Waals surface area contributed by atoms with Crippen LogP contribution in [0.5, 0.6) is 0 Å². The number of carbonyl (C=O) groups excluding carboxylic acids is 2. The maximum atomic E-state index is 12.7. The Labute approximate surface area is 159 Å². The topological polar surface area (TPSA) is 89.5 Å². The Morgan fingerprint density at radius 3 is 2.67 bits per heavy atom. The molecular weight excluding hydrogens is 360 g/mol. The van der Waals surface area contributed by atoms with Gasteiger partial charge in [0.2, 0.25) is 0 Å². The molecule has 0 aliphatic heterocycles. The average molecular weight is 376 g/mol. The molecule has 134 valence electrons. The lowest BCUT2D eigenvalue weighted by atomic mass is 10.0. The summed E-state index contributed by atoms with van der Waals surface area (Å²) in [5, 5.41) is 3.29. The lowest BCUT2D eigenvalue weighted by Gasteiger charge is -2.07. The van der Waals surface area contributed by atoms with Gasteiger partial charge in [0.15, 0.2) is 0 Å². The van der Waals surface area contributed by atoms with Crippen molar-refractivity contribution in [3.8, 4) is 11.1 Å². The van der Waals surface area contributed by atoms with Gasteiger partial charge in [0, 0.05) is 29.0 Å². The highest BCUT2D eigenvalue weighted by atomic mass is 32.1. The number of nitrogens with one attached hydrogen (secondary N) is 1. The highest BCUT2D eigenvalue weighted by molar-refractivity contribution is 7.17. The highest BCUT2D eigenvalue weighted by Gasteiger charge is 2.23. The van der Waals surface area contributed by atoms with Crippen molar-refractivity contribution in [1.29, 1.82) is 0 Å². The van der Waals surface area contributed by atoms with E-state index in [-0.39, 0.29) is 5.91 Å². The smallest absolute Gasteiger partial charge is 0.257 e. The molecule has 0 radical (unpaired) electrons. The molecule has 27 heavy (non-hydrogen) atoms. The lowest BCUT2D eigenvalue weighted by molar-refractivity contribution is 0.100. The number of carbonyl (C=O) groups is 2. The van der Waals surface area contributed by atoms with Crippen LogP contribution >= 0.6 is 11.3 Å². The molecular formula is C20H16N4O2S. The van der Waals surface area contributed by atoms with Crippen molar-refractivity contribution in [2.45, 2.75) is 6.92 Å². The minimum absolute atomic E-state index is 0.311. The SMILES string of the molecule is Cc1sc(NC(=O)c2ccc3nccn3c2)c(C(N)=O)c1-c1ccccc1. The fourth-order valence-electron chi connectivity index (χ4n) is 3.05. The van der Waals surface area contributed by atoms with Gasteiger partial charge < -0.3 is 15.5 Å². The molecule has 0 aliphatic carbocycles. The lowest BCUT2D eigenvalue weighted by Crippen LogP contribution is -2.17. The first kappa shape index (κ1) is 17.0. The standard InChI is InChI=1S/C20H16N4O2S/c1-12-16(13-5-3-2-4-6-13)17(18(21)25)20(27-12)23-19(26)14-7-8-15-22-9-10-24(15)11-14/h2-11H,1H3,(H2,21,25)(H,23,26). The molecule has 0 fully saturated rings. The second-order valence-corrected chi connectivity index (χ2v) is 7.26. The number of primary amides is 1. The Hall–Kier alpha value is -3.45. The Kier molecular flexibility index (Phi) is 4.21. The molecule has 6 nitrogen and oxygen atoms in total. The zero-order valence-corrected chi connectivity index (χ0v) is 15.3. The number of hydrogen-bond acceptors (Lipinski definition) is 4. The Morgan fingerprint density at radius 1 is 1.15 bits per heavy atom. The second-order valence-electron chi connectivity index (χ2n) is 6.03. The van der Waals surface area contributed by atoms with Crippen LogP contribution in [0.15, 0.2) is 61.1 Å². The van der Waals surface area contributed by atoms with Crippen LogP contribution in [0.4, 0.5) is 5.00 Å². The largest absolute Gasteiger partial charge is 0.365 e. The van der Waals surface area contributed by atoms with Crippen LogP contribution in [0.25, 0.3) is 16.8 Å². The highest BCUT2D eigenvalue weighted by Crippen LogP contribution is 2.39. The number of aryl methyl sites for hydroxylation is 1. The average Bonchev–Trinajstić information content (AvgIpc) is 3.25. The van der Waals surface area contributed by atoms with Crippen molar-refractivity contribution in [3.05, 3.63) is 77.1 Å². The van der Waals surface area contributed by atoms with E-state index in [0.29, 0.717) is 16.1 Å². The first-order valence-electron chi connectivity index (χ1n) is 8.27. The van der Waals surface area contributed by atoms with E-state index < -0.39 is 5.91 Å². The van der Waals surface area contributed by atoms with Gasteiger partial charge in [0.25, 0.3) is 11.8 Å². The first-order chi connectivity index (χ1) is 13.0. The van der Waals surface area contributed by atoms with Crippen molar-refractivity contribution in [2.24, 2.45) is 5.73 Å². The maximum absolute atomic E-state index is 12.7. The van der Waals surface area contributed by atoms with Gasteiger partial charge in [0.1, 0.15) is 10.6 Å². The Balaban J connectivity index is 1.73. The van der Waals surface area contributed by atoms with E-state index in [4.69, 9.17) is 5.73 Å². The Morgan fingerprint density at radius 2 is 1.93 bits per heavy atom. The summed E-state index contributed by atoms with van der Waals surface area (Å²) in [5.74, 6) is -0.882. The van der Waals surface area contributed by atoms with Gasteiger partial charge in [-0.1, -0.05) is 30.3 Å². The minimum Gasteiger partial charge on any atom is -0.365 e. The number of nitrogens with two attached hydrogens (primary N) is 1. The van der Waals surface area contributed by atoms with Gasteiger partial charge in [0.05, 0.1) is 11.1 Å². The molecule has 0 spiro atoms. The summed E-state index contributed by atoms with van der Waals surface area (Å²) < 4.78 is 1.76. The predicted molar refractivity (Wildman–Crippen MR) is 106 cm³/mol. The number of hydrogen-bond donors (Lipinski definition) is 2. The van der Waals surface area contributed by atoms with Crippen molar-refractivity contribution in [1.82, 2.24) is 9.38 Å². The van der Waals surface area contributed by atoms with E-state index in [1.807, 2.05) is 37.3 Å². The summed E-state index contributed by atoms with van der Waals surface area (Å²) in [4.78, 5) is 29.9. The molecule has 0 aliphatic rings. The van der Waals surface area contributed by atoms with Crippen LogP contribution in [-0.4, -0.2) is 21.2 Å². The fraction of sp³-hybridized carbons (Fsp3) is 0.0500. The molecule has 0 saturated heterocycles. The number of benzene rings is 1. The molecule has 3 N–H and O–H groups in total. The van der Waals surface area contributed by atoms with Gasteiger partial charge in [-0.2, -0.15) is 0 Å². The monoisotopic (exact) mass is 376 g/mol. The molecule has 3 aromatic heterocycles. The molecule has 7 heteroatoms. The summed E-state index contributed by atoms with van der Waals surface area (Å²) in [6, 6.07) is 13.0. The molecule has 2 amide bonds. The summed E-state index contributed by atoms with van der Waals surface area (Å²) in [5.41, 5.74) is 8.84. The number of thiophene rings is 1. The maximum Gasteiger partial charge on any atom is 0.257 e. The molecule has 0 unspecified atom stereocenters. The summed E-state index contributed by atoms with van der Waals surface area (Å²) in [7, 11) is 0. The normalized spacial score (nSPS) is 10.9. The summed E-state index contributed by atoms with van der Waals surface area (Å²) in [6.45, 7) is 1.91. The molecule has 3 heterocycles. The van der Waals surface area contributed by atoms with E-state index in [1.54, 1.807) is 35.1 Å². The summed E-state index contributed by atoms with van der Waals surface area (Å²) >= 11 is 1.34. The van der Waals surface area contributed by atoms with Crippen LogP contribution in [0.2, 0.25) is 0 Å². The van der Waals surface area contributed by atoms with E-state index >= 15 is 0 Å². The van der Waals surface area contributed by atoms with Crippen LogP contribution in [-0.2, 0) is 0 Å². The molecule has 1 aromatic carbocycles. The zero-order valence-electron chi connectivity index (χ0n) is 14.5. The van der Waals surface area contributed by atoms with Crippen LogP contribution in [0, 0.1) is 6.92 Å². The third-order valence-corrected chi connectivity index (χ3v) is 5.29. The van der Waals surface area contributed by atoms with Gasteiger partial charge in [-0.25, -0.2) is 4.98 Å². The van der Waals surface area contributed by atoms with Gasteiger partial charge >= 0.3 is 0 Å². The van der Waals surface area contributed by atoms with E-state index in [9.17, 15) is 9.59 Å². The van der Waals surface area contributed by atoms with Gasteiger partial charge in [-0.3, -0.25) is 9.59 Å². The molecule has 0 atom stereocenters. The molecule has 0 bridgehead atoms. The number of rotatable bonds is 4. The van der Waals surface area contributed by atoms with Crippen molar-refractivity contribution in [2.75, 3.05) is 5.32 Å². The number of imidazole rings is 1. The van der Waals surface area contributed by atoms with Crippen molar-refractivity contribution >= 4 is 33.8 Å². The number of nitrogens with zero attached hydrogens (tertiary/aromatic N) is 2. The van der Waals surface area contributed by atoms with Gasteiger partial charge in [-0.05, 0) is 24.6 Å². The molecule has 4 rings (SSSR count). The molecule has 4 aromatic rings. The minimum atomic E-state index is -0.571. The Bertz CT molecular complexity index is 1160. The quantitative estimate of drug-likeness (QED) is 0.569. The van der Waals surface area contributed by atoms with Gasteiger partial charge in [-0.15, -0.1) is 11.3 Å². The third-order valence-electron chi connectivity index (χ3n) is 4.27. The number of fused-ring (bicyclic) bond motifs is 1. The number of anilines is 1. The molecule has 0 saturated carbocycles. The van der Waals surface area contributed by atoms with E-state index in [0.717, 1.165) is 21.7 Å². The van der Waals surface area contributed by atoms with Crippen molar-refractivity contribution < 1.29 is 9.59 Å². The zero-order chi connectivity index (χ0) is 19.0. The number of aromatic nitrogens is 2. The van der Waals surface area contributed by atoms with E-state index in [2.05, 4.69) is 10.3 Å². The first-order valence-corrected chi connectivity index (χ1v) is 9.09. The van der Waals surface area contributed by atoms with E-state index in [1.165, 1.54) is 11.3 Å². The third kappa shape index (κ3) is 3.09. The number of pyridine rings is 1. The predicted octanol–water partition coefficient (Wildman–Crippen LogP) is 3.72. The van der Waals surface area contributed by atoms with Crippen LogP contribution < -0.4 is 11.1 Å².